The van der Waals surface area contributed by atoms with Crippen LogP contribution in [0.5, 0.6) is 0 Å². The monoisotopic (exact) mass is 274 g/mol. The van der Waals surface area contributed by atoms with Crippen LogP contribution in [-0.4, -0.2) is 15.0 Å². The molecule has 16 heavy (non-hydrogen) atoms. The van der Waals surface area contributed by atoms with Crippen molar-refractivity contribution >= 4 is 45.8 Å². The lowest BCUT2D eigenvalue weighted by atomic mass is 10.3. The van der Waals surface area contributed by atoms with Crippen LogP contribution < -0.4 is 0 Å². The largest absolute Gasteiger partial charge is 0.196 e. The maximum atomic E-state index is 8.76. The fourth-order valence-corrected chi connectivity index (χ4v) is 1.88. The lowest BCUT2D eigenvalue weighted by Gasteiger charge is -1.97. The third-order valence-corrected chi connectivity index (χ3v) is 3.13. The van der Waals surface area contributed by atoms with E-state index in [4.69, 9.17) is 40.1 Å². The smallest absolute Gasteiger partial charge is 0.155 e. The molecule has 0 N–H and O–H groups in total. The summed E-state index contributed by atoms with van der Waals surface area (Å²) < 4.78 is 0. The van der Waals surface area contributed by atoms with Gasteiger partial charge in [-0.3, -0.25) is 0 Å². The first kappa shape index (κ1) is 11.5. The molecule has 1 unspecified atom stereocenters. The molecular weight excluding hydrogens is 270 g/mol. The van der Waals surface area contributed by atoms with Crippen molar-refractivity contribution in [3.05, 3.63) is 21.1 Å². The normalized spacial score (nSPS) is 12.7. The molecule has 0 saturated heterocycles. The van der Waals surface area contributed by atoms with E-state index in [0.29, 0.717) is 21.1 Å². The van der Waals surface area contributed by atoms with E-state index in [0.717, 1.165) is 0 Å². The first-order chi connectivity index (χ1) is 7.54. The van der Waals surface area contributed by atoms with Gasteiger partial charge in [0.2, 0.25) is 0 Å². The Kier molecular flexibility index (Phi) is 2.94. The molecule has 1 aromatic heterocycles. The summed E-state index contributed by atoms with van der Waals surface area (Å²) in [7, 11) is 0. The van der Waals surface area contributed by atoms with Gasteiger partial charge in [0.25, 0.3) is 0 Å². The van der Waals surface area contributed by atoms with Crippen LogP contribution >= 0.6 is 34.8 Å². The zero-order valence-corrected chi connectivity index (χ0v) is 10.3. The van der Waals surface area contributed by atoms with Gasteiger partial charge in [-0.25, -0.2) is 0 Å². The first-order valence-electron chi connectivity index (χ1n) is 4.34. The van der Waals surface area contributed by atoms with Crippen molar-refractivity contribution in [1.82, 2.24) is 15.0 Å². The molecule has 2 rings (SSSR count). The number of nitrogens with zero attached hydrogens (tertiary/aromatic N) is 4. The molecule has 0 saturated carbocycles. The molecule has 0 aliphatic rings. The number of fused-ring (bicyclic) bond motifs is 1. The predicted molar refractivity (Wildman–Crippen MR) is 62.9 cm³/mol. The summed E-state index contributed by atoms with van der Waals surface area (Å²) in [5.74, 6) is 0. The molecule has 4 nitrogen and oxygen atoms in total. The zero-order valence-electron chi connectivity index (χ0n) is 8.08. The minimum absolute atomic E-state index is 0.289. The summed E-state index contributed by atoms with van der Waals surface area (Å²) in [6.07, 6.45) is 0. The van der Waals surface area contributed by atoms with Crippen molar-refractivity contribution in [3.8, 4) is 6.07 Å². The van der Waals surface area contributed by atoms with Gasteiger partial charge in [-0.2, -0.15) is 20.3 Å². The molecule has 1 aromatic carbocycles. The predicted octanol–water partition coefficient (Wildman–Crippen LogP) is 3.48. The molecule has 0 aliphatic carbocycles. The average molecular weight is 276 g/mol. The van der Waals surface area contributed by atoms with Gasteiger partial charge in [-0.05, 0) is 13.0 Å². The number of benzene rings is 1. The lowest BCUT2D eigenvalue weighted by Crippen LogP contribution is -2.05. The van der Waals surface area contributed by atoms with E-state index in [9.17, 15) is 0 Å². The zero-order chi connectivity index (χ0) is 11.9. The Morgan fingerprint density at radius 2 is 1.88 bits per heavy atom. The van der Waals surface area contributed by atoms with Crippen LogP contribution in [-0.2, 0) is 0 Å². The number of rotatable bonds is 1. The molecule has 0 spiro atoms. The van der Waals surface area contributed by atoms with Gasteiger partial charge in [0.1, 0.15) is 11.0 Å². The third-order valence-electron chi connectivity index (χ3n) is 2.06. The Labute approximate surface area is 106 Å². The van der Waals surface area contributed by atoms with Crippen molar-refractivity contribution < 1.29 is 0 Å². The van der Waals surface area contributed by atoms with Crippen LogP contribution in [0.3, 0.4) is 0 Å². The molecule has 1 heterocycles. The van der Waals surface area contributed by atoms with Crippen molar-refractivity contribution in [2.45, 2.75) is 13.0 Å². The van der Waals surface area contributed by atoms with E-state index < -0.39 is 6.04 Å². The molecule has 0 bridgehead atoms. The topological polar surface area (TPSA) is 54.5 Å². The van der Waals surface area contributed by atoms with Crippen LogP contribution in [0.2, 0.25) is 15.1 Å². The van der Waals surface area contributed by atoms with Gasteiger partial charge < -0.3 is 0 Å². The number of halogens is 3. The molecule has 0 fully saturated rings. The van der Waals surface area contributed by atoms with Gasteiger partial charge in [0.15, 0.2) is 6.04 Å². The van der Waals surface area contributed by atoms with Crippen LogP contribution in [0.4, 0.5) is 0 Å². The number of aromatic nitrogens is 3. The van der Waals surface area contributed by atoms with Crippen molar-refractivity contribution in [3.63, 3.8) is 0 Å². The molecule has 1 atom stereocenters. The fourth-order valence-electron chi connectivity index (χ4n) is 1.21. The SMILES string of the molecule is CC(C#N)n1nc2c(Cl)cc(Cl)c(Cl)c2n1. The maximum absolute atomic E-state index is 8.76. The summed E-state index contributed by atoms with van der Waals surface area (Å²) in [5, 5.41) is 17.9. The van der Waals surface area contributed by atoms with Gasteiger partial charge in [-0.15, -0.1) is 0 Å². The molecule has 0 amide bonds. The van der Waals surface area contributed by atoms with Crippen LogP contribution in [0.15, 0.2) is 6.07 Å². The van der Waals surface area contributed by atoms with Gasteiger partial charge in [-0.1, -0.05) is 34.8 Å². The summed E-state index contributed by atoms with van der Waals surface area (Å²) in [6, 6.07) is 3.03. The second kappa shape index (κ2) is 4.10. The van der Waals surface area contributed by atoms with Crippen LogP contribution in [0.25, 0.3) is 11.0 Å². The highest BCUT2D eigenvalue weighted by Crippen LogP contribution is 2.34. The summed E-state index contributed by atoms with van der Waals surface area (Å²) in [5.41, 5.74) is 0.847. The Morgan fingerprint density at radius 3 is 2.50 bits per heavy atom. The molecule has 7 heteroatoms. The first-order valence-corrected chi connectivity index (χ1v) is 5.47. The number of hydrogen-bond acceptors (Lipinski definition) is 3. The minimum atomic E-state index is -0.488. The Morgan fingerprint density at radius 1 is 1.25 bits per heavy atom. The van der Waals surface area contributed by atoms with E-state index in [2.05, 4.69) is 10.2 Å². The average Bonchev–Trinajstić information content (AvgIpc) is 2.70. The number of hydrogen-bond donors (Lipinski definition) is 0. The van der Waals surface area contributed by atoms with Crippen LogP contribution in [0.1, 0.15) is 13.0 Å². The minimum Gasteiger partial charge on any atom is -0.196 e. The third kappa shape index (κ3) is 1.71. The Bertz CT molecular complexity index is 599. The molecule has 0 radical (unpaired) electrons. The summed E-state index contributed by atoms with van der Waals surface area (Å²) in [4.78, 5) is 1.26. The highest BCUT2D eigenvalue weighted by molar-refractivity contribution is 6.47. The van der Waals surface area contributed by atoms with Gasteiger partial charge in [0, 0.05) is 0 Å². The van der Waals surface area contributed by atoms with Gasteiger partial charge >= 0.3 is 0 Å². The quantitative estimate of drug-likeness (QED) is 0.749. The maximum Gasteiger partial charge on any atom is 0.155 e. The van der Waals surface area contributed by atoms with Crippen molar-refractivity contribution in [2.75, 3.05) is 0 Å². The fraction of sp³-hybridized carbons (Fsp3) is 0.222. The second-order valence-electron chi connectivity index (χ2n) is 3.18. The molecule has 0 aliphatic heterocycles. The highest BCUT2D eigenvalue weighted by Gasteiger charge is 2.16. The van der Waals surface area contributed by atoms with E-state index in [1.165, 1.54) is 10.9 Å². The van der Waals surface area contributed by atoms with E-state index >= 15 is 0 Å². The van der Waals surface area contributed by atoms with Crippen molar-refractivity contribution in [2.24, 2.45) is 0 Å². The molecule has 82 valence electrons. The van der Waals surface area contributed by atoms with Crippen molar-refractivity contribution in [1.29, 1.82) is 5.26 Å². The molecule has 2 aromatic rings. The standard InChI is InChI=1S/C9H5Cl3N4/c1-4(3-13)16-14-8-6(11)2-5(10)7(12)9(8)15-16/h2,4H,1H3. The van der Waals surface area contributed by atoms with E-state index in [1.807, 2.05) is 6.07 Å². The summed E-state index contributed by atoms with van der Waals surface area (Å²) >= 11 is 17.8. The second-order valence-corrected chi connectivity index (χ2v) is 4.37. The lowest BCUT2D eigenvalue weighted by molar-refractivity contribution is 0.521. The number of nitriles is 1. The van der Waals surface area contributed by atoms with Gasteiger partial charge in [0.05, 0.1) is 21.1 Å². The van der Waals surface area contributed by atoms with Crippen LogP contribution in [0, 0.1) is 11.3 Å². The Hall–Kier alpha value is -1.02. The van der Waals surface area contributed by atoms with E-state index in [-0.39, 0.29) is 5.02 Å². The highest BCUT2D eigenvalue weighted by atomic mass is 35.5. The molecular formula is C9H5Cl3N4. The van der Waals surface area contributed by atoms with E-state index in [1.54, 1.807) is 6.92 Å². The summed E-state index contributed by atoms with van der Waals surface area (Å²) in [6.45, 7) is 1.67. The Balaban J connectivity index is 2.76.